The maximum atomic E-state index is 6.37. The van der Waals surface area contributed by atoms with Crippen molar-refractivity contribution in [3.63, 3.8) is 0 Å². The number of aryl methyl sites for hydroxylation is 2. The minimum Gasteiger partial charge on any atom is -0.433 e. The van der Waals surface area contributed by atoms with Crippen LogP contribution in [0.3, 0.4) is 0 Å². The van der Waals surface area contributed by atoms with Crippen molar-refractivity contribution in [3.05, 3.63) is 59.2 Å². The molecule has 1 aromatic heterocycles. The van der Waals surface area contributed by atoms with Gasteiger partial charge < -0.3 is 4.74 Å². The van der Waals surface area contributed by atoms with Crippen molar-refractivity contribution in [2.75, 3.05) is 0 Å². The molecule has 3 aromatic carbocycles. The second-order valence-corrected chi connectivity index (χ2v) is 8.70. The standard InChI is InChI=1S/C26H25N2O/c1-15-13-19-9-6-10-22-24(19)23(16(15)2)25-26(29-22)27-20-14-18(17-7-4-5-8-17)11-12-21(20)28(25)3/h6,9-14,17H,4-5,7-8H2,1-3H3/q+1. The van der Waals surface area contributed by atoms with Crippen LogP contribution in [0.1, 0.15) is 48.3 Å². The Morgan fingerprint density at radius 1 is 1.03 bits per heavy atom. The molecule has 2 heterocycles. The monoisotopic (exact) mass is 381 g/mol. The fraction of sp³-hybridized carbons (Fsp3) is 0.308. The van der Waals surface area contributed by atoms with Gasteiger partial charge in [-0.3, -0.25) is 0 Å². The molecular weight excluding hydrogens is 356 g/mol. The van der Waals surface area contributed by atoms with E-state index in [0.717, 1.165) is 28.4 Å². The number of aromatic nitrogens is 2. The molecule has 6 rings (SSSR count). The maximum Gasteiger partial charge on any atom is 0.294 e. The Bertz CT molecular complexity index is 1320. The molecule has 1 fully saturated rings. The van der Waals surface area contributed by atoms with Gasteiger partial charge in [0.1, 0.15) is 18.3 Å². The lowest BCUT2D eigenvalue weighted by atomic mass is 9.91. The number of ether oxygens (including phenoxy) is 1. The molecule has 3 heteroatoms. The van der Waals surface area contributed by atoms with Crippen molar-refractivity contribution >= 4 is 21.8 Å². The SMILES string of the molecule is Cc1cc2cccc3c2c(c1C)-c1c(nc2cc(C4CCCC4)ccc2[n+]1C)O3. The van der Waals surface area contributed by atoms with E-state index in [-0.39, 0.29) is 0 Å². The molecule has 0 unspecified atom stereocenters. The average Bonchev–Trinajstić information content (AvgIpc) is 3.26. The van der Waals surface area contributed by atoms with E-state index in [1.807, 2.05) is 0 Å². The number of hydrogen-bond donors (Lipinski definition) is 0. The predicted octanol–water partition coefficient (Wildman–Crippen LogP) is 6.26. The highest BCUT2D eigenvalue weighted by atomic mass is 16.5. The van der Waals surface area contributed by atoms with Gasteiger partial charge >= 0.3 is 0 Å². The third kappa shape index (κ3) is 2.37. The summed E-state index contributed by atoms with van der Waals surface area (Å²) in [4.78, 5) is 5.02. The van der Waals surface area contributed by atoms with Crippen molar-refractivity contribution in [1.29, 1.82) is 0 Å². The van der Waals surface area contributed by atoms with Crippen molar-refractivity contribution in [2.45, 2.75) is 45.4 Å². The van der Waals surface area contributed by atoms with E-state index in [4.69, 9.17) is 9.72 Å². The average molecular weight is 381 g/mol. The maximum absolute atomic E-state index is 6.37. The van der Waals surface area contributed by atoms with E-state index in [0.29, 0.717) is 5.92 Å². The minimum atomic E-state index is 0.683. The van der Waals surface area contributed by atoms with Crippen LogP contribution in [-0.2, 0) is 7.05 Å². The molecule has 0 radical (unpaired) electrons. The van der Waals surface area contributed by atoms with Crippen LogP contribution in [-0.4, -0.2) is 4.98 Å². The number of fused-ring (bicyclic) bond motifs is 3. The summed E-state index contributed by atoms with van der Waals surface area (Å²) in [5.41, 5.74) is 8.54. The highest BCUT2D eigenvalue weighted by molar-refractivity contribution is 6.04. The van der Waals surface area contributed by atoms with Crippen molar-refractivity contribution in [2.24, 2.45) is 7.05 Å². The first kappa shape index (κ1) is 17.0. The van der Waals surface area contributed by atoms with E-state index < -0.39 is 0 Å². The quantitative estimate of drug-likeness (QED) is 0.320. The number of benzene rings is 3. The largest absolute Gasteiger partial charge is 0.433 e. The summed E-state index contributed by atoms with van der Waals surface area (Å²) in [5, 5.41) is 2.42. The van der Waals surface area contributed by atoms with E-state index in [1.54, 1.807) is 0 Å². The summed E-state index contributed by atoms with van der Waals surface area (Å²) in [6, 6.07) is 15.4. The molecule has 1 aliphatic carbocycles. The smallest absolute Gasteiger partial charge is 0.294 e. The fourth-order valence-corrected chi connectivity index (χ4v) is 5.35. The number of nitrogens with zero attached hydrogens (tertiary/aromatic N) is 2. The molecule has 3 nitrogen and oxygen atoms in total. The van der Waals surface area contributed by atoms with Gasteiger partial charge in [0.15, 0.2) is 0 Å². The predicted molar refractivity (Wildman–Crippen MR) is 117 cm³/mol. The molecule has 2 aliphatic rings. The van der Waals surface area contributed by atoms with Gasteiger partial charge in [-0.15, -0.1) is 0 Å². The first-order chi connectivity index (χ1) is 14.1. The van der Waals surface area contributed by atoms with Crippen LogP contribution in [0.4, 0.5) is 0 Å². The zero-order chi connectivity index (χ0) is 19.7. The molecule has 0 bridgehead atoms. The molecule has 0 amide bonds. The van der Waals surface area contributed by atoms with Gasteiger partial charge in [-0.05, 0) is 66.8 Å². The molecule has 0 N–H and O–H groups in total. The molecular formula is C26H25N2O+. The first-order valence-electron chi connectivity index (χ1n) is 10.7. The Morgan fingerprint density at radius 2 is 1.86 bits per heavy atom. The van der Waals surface area contributed by atoms with Gasteiger partial charge in [0.05, 0.1) is 5.56 Å². The van der Waals surface area contributed by atoms with Gasteiger partial charge in [-0.25, -0.2) is 4.98 Å². The summed E-state index contributed by atoms with van der Waals surface area (Å²) in [6.07, 6.45) is 5.28. The Labute approximate surface area is 171 Å². The molecule has 0 spiro atoms. The van der Waals surface area contributed by atoms with Crippen LogP contribution >= 0.6 is 0 Å². The van der Waals surface area contributed by atoms with Crippen LogP contribution in [0.5, 0.6) is 11.6 Å². The number of rotatable bonds is 1. The second-order valence-electron chi connectivity index (χ2n) is 8.70. The topological polar surface area (TPSA) is 26.0 Å². The van der Waals surface area contributed by atoms with E-state index in [9.17, 15) is 0 Å². The van der Waals surface area contributed by atoms with Gasteiger partial charge in [0, 0.05) is 11.5 Å². The van der Waals surface area contributed by atoms with Crippen LogP contribution in [0, 0.1) is 13.8 Å². The molecule has 1 saturated carbocycles. The van der Waals surface area contributed by atoms with E-state index in [2.05, 4.69) is 67.9 Å². The Kier molecular flexibility index (Phi) is 3.53. The Hall–Kier alpha value is -2.94. The van der Waals surface area contributed by atoms with Gasteiger partial charge in [0.2, 0.25) is 5.52 Å². The summed E-state index contributed by atoms with van der Waals surface area (Å²) in [5.74, 6) is 2.31. The normalized spacial score (nSPS) is 15.7. The lowest BCUT2D eigenvalue weighted by Crippen LogP contribution is -2.34. The molecule has 0 saturated heterocycles. The summed E-state index contributed by atoms with van der Waals surface area (Å²) in [7, 11) is 2.14. The highest BCUT2D eigenvalue weighted by Gasteiger charge is 2.33. The Morgan fingerprint density at radius 3 is 2.69 bits per heavy atom. The van der Waals surface area contributed by atoms with Crippen LogP contribution in [0.15, 0.2) is 42.5 Å². The third-order valence-corrected chi connectivity index (χ3v) is 7.04. The second kappa shape index (κ2) is 6.03. The molecule has 4 aromatic rings. The van der Waals surface area contributed by atoms with Crippen molar-refractivity contribution < 1.29 is 9.30 Å². The lowest BCUT2D eigenvalue weighted by Gasteiger charge is -2.21. The third-order valence-electron chi connectivity index (χ3n) is 7.04. The van der Waals surface area contributed by atoms with E-state index in [1.165, 1.54) is 58.7 Å². The van der Waals surface area contributed by atoms with Crippen LogP contribution in [0.2, 0.25) is 0 Å². The molecule has 29 heavy (non-hydrogen) atoms. The van der Waals surface area contributed by atoms with Crippen LogP contribution in [0.25, 0.3) is 33.1 Å². The molecule has 144 valence electrons. The summed E-state index contributed by atoms with van der Waals surface area (Å²) < 4.78 is 8.64. The highest BCUT2D eigenvalue weighted by Crippen LogP contribution is 2.47. The first-order valence-corrected chi connectivity index (χ1v) is 10.7. The molecule has 1 aliphatic heterocycles. The summed E-state index contributed by atoms with van der Waals surface area (Å²) in [6.45, 7) is 4.40. The minimum absolute atomic E-state index is 0.683. The van der Waals surface area contributed by atoms with Crippen LogP contribution < -0.4 is 9.30 Å². The molecule has 0 atom stereocenters. The van der Waals surface area contributed by atoms with Crippen molar-refractivity contribution in [1.82, 2.24) is 4.98 Å². The van der Waals surface area contributed by atoms with Gasteiger partial charge in [-0.2, -0.15) is 4.57 Å². The lowest BCUT2D eigenvalue weighted by molar-refractivity contribution is -0.634. The number of hydrogen-bond acceptors (Lipinski definition) is 2. The Balaban J connectivity index is 1.66. The zero-order valence-electron chi connectivity index (χ0n) is 17.2. The van der Waals surface area contributed by atoms with Gasteiger partial charge in [-0.1, -0.05) is 37.1 Å². The van der Waals surface area contributed by atoms with E-state index >= 15 is 0 Å². The van der Waals surface area contributed by atoms with Crippen molar-refractivity contribution in [3.8, 4) is 22.9 Å². The summed E-state index contributed by atoms with van der Waals surface area (Å²) >= 11 is 0. The zero-order valence-corrected chi connectivity index (χ0v) is 17.2. The fourth-order valence-electron chi connectivity index (χ4n) is 5.35. The van der Waals surface area contributed by atoms with Gasteiger partial charge in [0.25, 0.3) is 11.6 Å².